The van der Waals surface area contributed by atoms with Crippen molar-refractivity contribution in [3.05, 3.63) is 29.3 Å². The van der Waals surface area contributed by atoms with Crippen molar-refractivity contribution in [2.75, 3.05) is 13.1 Å². The molecule has 2 heterocycles. The zero-order chi connectivity index (χ0) is 16.7. The Balaban J connectivity index is 1.44. The third-order valence-electron chi connectivity index (χ3n) is 5.79. The van der Waals surface area contributed by atoms with E-state index >= 15 is 0 Å². The number of rotatable bonds is 2. The highest BCUT2D eigenvalue weighted by Gasteiger charge is 2.40. The number of likely N-dealkylation sites (tertiary alicyclic amines) is 1. The molecule has 5 heteroatoms. The topological polar surface area (TPSA) is 60.9 Å². The number of aromatic hydroxyl groups is 1. The first-order valence-electron chi connectivity index (χ1n) is 9.01. The molecule has 1 atom stereocenters. The van der Waals surface area contributed by atoms with Crippen LogP contribution in [0.4, 0.5) is 0 Å². The fourth-order valence-corrected chi connectivity index (χ4v) is 4.46. The van der Waals surface area contributed by atoms with Crippen LogP contribution in [-0.4, -0.2) is 45.9 Å². The largest absolute Gasteiger partial charge is 0.508 e. The van der Waals surface area contributed by atoms with Crippen LogP contribution < -0.4 is 0 Å². The standard InChI is InChI=1S/C19H24N2O3/c22-17-6-5-13-7-8-20(11-14(13)9-17)19(24)15-10-18(23)21(12-15)16-3-1-2-4-16/h5-6,9,15-16,22H,1-4,7-8,10-12H2/t15-/m1/s1. The SMILES string of the molecule is O=C([C@@H]1CC(=O)N(C2CCCC2)C1)N1CCc2ccc(O)cc2C1. The molecule has 2 fully saturated rings. The number of phenolic OH excluding ortho intramolecular Hbond substituents is 1. The fourth-order valence-electron chi connectivity index (χ4n) is 4.46. The molecule has 4 rings (SSSR count). The molecule has 0 aromatic heterocycles. The van der Waals surface area contributed by atoms with Gasteiger partial charge >= 0.3 is 0 Å². The molecule has 2 aliphatic heterocycles. The summed E-state index contributed by atoms with van der Waals surface area (Å²) in [5.41, 5.74) is 2.22. The van der Waals surface area contributed by atoms with E-state index in [9.17, 15) is 14.7 Å². The minimum Gasteiger partial charge on any atom is -0.508 e. The van der Waals surface area contributed by atoms with Crippen molar-refractivity contribution in [3.8, 4) is 5.75 Å². The maximum absolute atomic E-state index is 12.9. The number of benzene rings is 1. The van der Waals surface area contributed by atoms with E-state index in [0.717, 1.165) is 24.8 Å². The minimum atomic E-state index is -0.197. The van der Waals surface area contributed by atoms with Crippen molar-refractivity contribution in [3.63, 3.8) is 0 Å². The number of carbonyl (C=O) groups is 2. The second-order valence-corrected chi connectivity index (χ2v) is 7.35. The van der Waals surface area contributed by atoms with Gasteiger partial charge in [0.15, 0.2) is 0 Å². The van der Waals surface area contributed by atoms with Crippen LogP contribution in [0.5, 0.6) is 5.75 Å². The first-order valence-corrected chi connectivity index (χ1v) is 9.01. The number of hydrogen-bond acceptors (Lipinski definition) is 3. The molecule has 24 heavy (non-hydrogen) atoms. The Morgan fingerprint density at radius 1 is 1.17 bits per heavy atom. The van der Waals surface area contributed by atoms with E-state index in [1.807, 2.05) is 15.9 Å². The highest BCUT2D eigenvalue weighted by Crippen LogP contribution is 2.31. The first-order chi connectivity index (χ1) is 11.6. The number of phenols is 1. The van der Waals surface area contributed by atoms with Gasteiger partial charge in [0.2, 0.25) is 11.8 Å². The van der Waals surface area contributed by atoms with Crippen LogP contribution in [0.2, 0.25) is 0 Å². The lowest BCUT2D eigenvalue weighted by Crippen LogP contribution is -2.41. The maximum atomic E-state index is 12.9. The van der Waals surface area contributed by atoms with E-state index in [-0.39, 0.29) is 23.5 Å². The van der Waals surface area contributed by atoms with Gasteiger partial charge in [-0.05, 0) is 42.5 Å². The van der Waals surface area contributed by atoms with Crippen molar-refractivity contribution in [2.45, 2.75) is 51.1 Å². The highest BCUT2D eigenvalue weighted by atomic mass is 16.3. The van der Waals surface area contributed by atoms with Gasteiger partial charge in [-0.2, -0.15) is 0 Å². The summed E-state index contributed by atoms with van der Waals surface area (Å²) in [4.78, 5) is 29.0. The van der Waals surface area contributed by atoms with Gasteiger partial charge in [-0.15, -0.1) is 0 Å². The van der Waals surface area contributed by atoms with E-state index in [2.05, 4.69) is 0 Å². The Kier molecular flexibility index (Phi) is 3.94. The van der Waals surface area contributed by atoms with E-state index in [4.69, 9.17) is 0 Å². The molecule has 2 amide bonds. The Morgan fingerprint density at radius 3 is 2.75 bits per heavy atom. The van der Waals surface area contributed by atoms with E-state index < -0.39 is 0 Å². The summed E-state index contributed by atoms with van der Waals surface area (Å²) >= 11 is 0. The van der Waals surface area contributed by atoms with Crippen LogP contribution in [0.25, 0.3) is 0 Å². The Morgan fingerprint density at radius 2 is 1.96 bits per heavy atom. The minimum absolute atomic E-state index is 0.0952. The van der Waals surface area contributed by atoms with Crippen molar-refractivity contribution >= 4 is 11.8 Å². The fraction of sp³-hybridized carbons (Fsp3) is 0.579. The Hall–Kier alpha value is -2.04. The summed E-state index contributed by atoms with van der Waals surface area (Å²) in [6.45, 7) is 1.83. The lowest BCUT2D eigenvalue weighted by Gasteiger charge is -2.31. The molecule has 128 valence electrons. The molecule has 1 saturated carbocycles. The van der Waals surface area contributed by atoms with E-state index in [0.29, 0.717) is 32.1 Å². The molecule has 1 aromatic rings. The van der Waals surface area contributed by atoms with Crippen LogP contribution in [0.3, 0.4) is 0 Å². The van der Waals surface area contributed by atoms with Crippen LogP contribution in [0, 0.1) is 5.92 Å². The number of amides is 2. The van der Waals surface area contributed by atoms with E-state index in [1.54, 1.807) is 12.1 Å². The monoisotopic (exact) mass is 328 g/mol. The second-order valence-electron chi connectivity index (χ2n) is 7.35. The summed E-state index contributed by atoms with van der Waals surface area (Å²) < 4.78 is 0. The van der Waals surface area contributed by atoms with Gasteiger partial charge in [0, 0.05) is 32.1 Å². The average Bonchev–Trinajstić information content (AvgIpc) is 3.22. The van der Waals surface area contributed by atoms with Crippen molar-refractivity contribution in [1.82, 2.24) is 9.80 Å². The maximum Gasteiger partial charge on any atom is 0.228 e. The summed E-state index contributed by atoms with van der Waals surface area (Å²) in [5, 5.41) is 9.66. The second kappa shape index (κ2) is 6.11. The molecule has 0 spiro atoms. The normalized spacial score (nSPS) is 24.5. The summed E-state index contributed by atoms with van der Waals surface area (Å²) in [7, 11) is 0. The molecule has 5 nitrogen and oxygen atoms in total. The summed E-state index contributed by atoms with van der Waals surface area (Å²) in [6.07, 6.45) is 5.73. The Bertz CT molecular complexity index is 667. The Labute approximate surface area is 142 Å². The molecule has 1 N–H and O–H groups in total. The lowest BCUT2D eigenvalue weighted by molar-refractivity contribution is -0.136. The predicted octanol–water partition coefficient (Wildman–Crippen LogP) is 2.07. The number of fused-ring (bicyclic) bond motifs is 1. The van der Waals surface area contributed by atoms with Gasteiger partial charge in [-0.1, -0.05) is 18.9 Å². The van der Waals surface area contributed by atoms with Crippen molar-refractivity contribution in [1.29, 1.82) is 0 Å². The van der Waals surface area contributed by atoms with Crippen molar-refractivity contribution < 1.29 is 14.7 Å². The highest BCUT2D eigenvalue weighted by molar-refractivity contribution is 5.89. The zero-order valence-corrected chi connectivity index (χ0v) is 13.9. The number of hydrogen-bond donors (Lipinski definition) is 1. The van der Waals surface area contributed by atoms with Gasteiger partial charge < -0.3 is 14.9 Å². The molecular formula is C19H24N2O3. The van der Waals surface area contributed by atoms with Crippen LogP contribution in [0.1, 0.15) is 43.2 Å². The van der Waals surface area contributed by atoms with Gasteiger partial charge in [0.1, 0.15) is 5.75 Å². The number of carbonyl (C=O) groups excluding carboxylic acids is 2. The zero-order valence-electron chi connectivity index (χ0n) is 13.9. The molecule has 1 aromatic carbocycles. The van der Waals surface area contributed by atoms with Gasteiger partial charge in [0.05, 0.1) is 5.92 Å². The molecular weight excluding hydrogens is 304 g/mol. The molecule has 0 bridgehead atoms. The predicted molar refractivity (Wildman–Crippen MR) is 89.3 cm³/mol. The van der Waals surface area contributed by atoms with Gasteiger partial charge in [-0.3, -0.25) is 9.59 Å². The lowest BCUT2D eigenvalue weighted by atomic mass is 9.97. The van der Waals surface area contributed by atoms with Crippen LogP contribution in [0.15, 0.2) is 18.2 Å². The third-order valence-corrected chi connectivity index (χ3v) is 5.79. The smallest absolute Gasteiger partial charge is 0.228 e. The summed E-state index contributed by atoms with van der Waals surface area (Å²) in [5.74, 6) is 0.289. The third kappa shape index (κ3) is 2.76. The molecule has 0 radical (unpaired) electrons. The van der Waals surface area contributed by atoms with Crippen LogP contribution in [-0.2, 0) is 22.6 Å². The van der Waals surface area contributed by atoms with Gasteiger partial charge in [0.25, 0.3) is 0 Å². The molecule has 1 aliphatic carbocycles. The quantitative estimate of drug-likeness (QED) is 0.904. The molecule has 3 aliphatic rings. The van der Waals surface area contributed by atoms with Gasteiger partial charge in [-0.25, -0.2) is 0 Å². The molecule has 1 saturated heterocycles. The summed E-state index contributed by atoms with van der Waals surface area (Å²) in [6, 6.07) is 5.74. The van der Waals surface area contributed by atoms with Crippen molar-refractivity contribution in [2.24, 2.45) is 5.92 Å². The average molecular weight is 328 g/mol. The number of nitrogens with zero attached hydrogens (tertiary/aromatic N) is 2. The first kappa shape index (κ1) is 15.5. The van der Waals surface area contributed by atoms with E-state index in [1.165, 1.54) is 18.4 Å². The van der Waals surface area contributed by atoms with Crippen LogP contribution >= 0.6 is 0 Å². The molecule has 0 unspecified atom stereocenters.